The van der Waals surface area contributed by atoms with Crippen LogP contribution in [0.2, 0.25) is 5.02 Å². The van der Waals surface area contributed by atoms with E-state index in [1.54, 1.807) is 12.3 Å². The minimum absolute atomic E-state index is 0.471. The van der Waals surface area contributed by atoms with Crippen LogP contribution in [-0.4, -0.2) is 30.6 Å². The lowest BCUT2D eigenvalue weighted by Gasteiger charge is -2.19. The Hall–Kier alpha value is -1.53. The summed E-state index contributed by atoms with van der Waals surface area (Å²) in [5.74, 6) is 1.24. The molecule has 0 atom stereocenters. The second-order valence-corrected chi connectivity index (χ2v) is 6.17. The van der Waals surface area contributed by atoms with Crippen molar-refractivity contribution >= 4 is 35.1 Å². The highest BCUT2D eigenvalue weighted by molar-refractivity contribution is 7.80. The van der Waals surface area contributed by atoms with Crippen LogP contribution >= 0.6 is 23.8 Å². The molecular formula is C15H18ClN3O2S. The van der Waals surface area contributed by atoms with Gasteiger partial charge in [-0.15, -0.1) is 0 Å². The fourth-order valence-electron chi connectivity index (χ4n) is 2.66. The molecule has 0 bridgehead atoms. The van der Waals surface area contributed by atoms with E-state index in [0.29, 0.717) is 40.9 Å². The van der Waals surface area contributed by atoms with Gasteiger partial charge in [-0.25, -0.2) is 0 Å². The van der Waals surface area contributed by atoms with Gasteiger partial charge in [-0.2, -0.15) is 5.10 Å². The number of nitrogens with one attached hydrogen (secondary N) is 2. The summed E-state index contributed by atoms with van der Waals surface area (Å²) in [6.07, 6.45) is 6.53. The number of thiocarbonyl (C=S) groups is 1. The molecule has 22 heavy (non-hydrogen) atoms. The maximum Gasteiger partial charge on any atom is 0.187 e. The van der Waals surface area contributed by atoms with E-state index in [9.17, 15) is 0 Å². The van der Waals surface area contributed by atoms with Gasteiger partial charge in [-0.1, -0.05) is 24.4 Å². The average Bonchev–Trinajstić information content (AvgIpc) is 3.00. The normalized spacial score (nSPS) is 17.7. The van der Waals surface area contributed by atoms with Gasteiger partial charge < -0.3 is 14.8 Å². The quantitative estimate of drug-likeness (QED) is 0.504. The maximum atomic E-state index is 6.18. The summed E-state index contributed by atoms with van der Waals surface area (Å²) in [5.41, 5.74) is 3.66. The van der Waals surface area contributed by atoms with Crippen molar-refractivity contribution in [2.24, 2.45) is 5.10 Å². The molecule has 1 aromatic rings. The van der Waals surface area contributed by atoms with E-state index in [0.717, 1.165) is 5.56 Å². The standard InChI is InChI=1S/C15H18ClN3O2S/c16-12-7-10(8-13-14(12)21-6-5-20-13)9-17-19-15(22)18-11-3-1-2-4-11/h7-9,11H,1-6H2,(H2,18,19,22)/b17-9-. The van der Waals surface area contributed by atoms with E-state index in [1.165, 1.54) is 25.7 Å². The summed E-state index contributed by atoms with van der Waals surface area (Å²) in [7, 11) is 0. The molecule has 7 heteroatoms. The maximum absolute atomic E-state index is 6.18. The fourth-order valence-corrected chi connectivity index (χ4v) is 3.15. The van der Waals surface area contributed by atoms with Crippen molar-refractivity contribution in [3.63, 3.8) is 0 Å². The van der Waals surface area contributed by atoms with Gasteiger partial charge in [0, 0.05) is 6.04 Å². The lowest BCUT2D eigenvalue weighted by molar-refractivity contribution is 0.171. The first-order valence-corrected chi connectivity index (χ1v) is 8.20. The number of rotatable bonds is 3. The third-order valence-corrected chi connectivity index (χ3v) is 4.18. The first kappa shape index (κ1) is 15.4. The molecule has 1 aliphatic carbocycles. The predicted octanol–water partition coefficient (Wildman–Crippen LogP) is 2.85. The Bertz CT molecular complexity index is 588. The Balaban J connectivity index is 1.58. The molecule has 0 spiro atoms. The Kier molecular flexibility index (Phi) is 5.00. The second kappa shape index (κ2) is 7.15. The molecule has 1 aromatic carbocycles. The third-order valence-electron chi connectivity index (χ3n) is 3.69. The van der Waals surface area contributed by atoms with Crippen molar-refractivity contribution in [2.75, 3.05) is 13.2 Å². The summed E-state index contributed by atoms with van der Waals surface area (Å²) in [4.78, 5) is 0. The first-order chi connectivity index (χ1) is 10.7. The Morgan fingerprint density at radius 2 is 2.05 bits per heavy atom. The van der Waals surface area contributed by atoms with Gasteiger partial charge in [0.15, 0.2) is 16.6 Å². The first-order valence-electron chi connectivity index (χ1n) is 7.41. The van der Waals surface area contributed by atoms with Crippen LogP contribution in [0.5, 0.6) is 11.5 Å². The van der Waals surface area contributed by atoms with Crippen molar-refractivity contribution in [1.82, 2.24) is 10.7 Å². The van der Waals surface area contributed by atoms with Crippen LogP contribution in [0.3, 0.4) is 0 Å². The van der Waals surface area contributed by atoms with Crippen LogP contribution in [-0.2, 0) is 0 Å². The number of halogens is 1. The van der Waals surface area contributed by atoms with E-state index in [2.05, 4.69) is 15.8 Å². The summed E-state index contributed by atoms with van der Waals surface area (Å²) in [6, 6.07) is 4.10. The van der Waals surface area contributed by atoms with E-state index in [1.807, 2.05) is 6.07 Å². The van der Waals surface area contributed by atoms with Gasteiger partial charge in [-0.05, 0) is 42.8 Å². The number of ether oxygens (including phenoxy) is 2. The Morgan fingerprint density at radius 1 is 1.27 bits per heavy atom. The zero-order chi connectivity index (χ0) is 15.4. The van der Waals surface area contributed by atoms with E-state index >= 15 is 0 Å². The summed E-state index contributed by atoms with van der Waals surface area (Å²) in [5, 5.41) is 8.47. The average molecular weight is 340 g/mol. The van der Waals surface area contributed by atoms with Crippen LogP contribution < -0.4 is 20.2 Å². The van der Waals surface area contributed by atoms with Gasteiger partial charge >= 0.3 is 0 Å². The highest BCUT2D eigenvalue weighted by Crippen LogP contribution is 2.37. The molecule has 2 aliphatic rings. The van der Waals surface area contributed by atoms with E-state index in [4.69, 9.17) is 33.3 Å². The van der Waals surface area contributed by atoms with Gasteiger partial charge in [0.1, 0.15) is 13.2 Å². The van der Waals surface area contributed by atoms with Crippen molar-refractivity contribution in [3.8, 4) is 11.5 Å². The Morgan fingerprint density at radius 3 is 2.86 bits per heavy atom. The number of hydrogen-bond donors (Lipinski definition) is 2. The Labute approximate surface area is 140 Å². The van der Waals surface area contributed by atoms with Gasteiger partial charge in [0.05, 0.1) is 11.2 Å². The molecule has 0 aromatic heterocycles. The molecule has 1 heterocycles. The molecule has 1 saturated carbocycles. The summed E-state index contributed by atoms with van der Waals surface area (Å²) in [6.45, 7) is 1.04. The molecule has 0 saturated heterocycles. The zero-order valence-corrected chi connectivity index (χ0v) is 13.7. The van der Waals surface area contributed by atoms with Crippen molar-refractivity contribution in [2.45, 2.75) is 31.7 Å². The van der Waals surface area contributed by atoms with Gasteiger partial charge in [0.2, 0.25) is 0 Å². The number of nitrogens with zero attached hydrogens (tertiary/aromatic N) is 1. The second-order valence-electron chi connectivity index (χ2n) is 5.35. The molecule has 2 N–H and O–H groups in total. The third kappa shape index (κ3) is 3.81. The molecule has 0 radical (unpaired) electrons. The highest BCUT2D eigenvalue weighted by Gasteiger charge is 2.16. The SMILES string of the molecule is S=C(N/N=C\c1cc(Cl)c2c(c1)OCCO2)NC1CCCC1. The van der Waals surface area contributed by atoms with Gasteiger partial charge in [-0.3, -0.25) is 5.43 Å². The molecular weight excluding hydrogens is 322 g/mol. The van der Waals surface area contributed by atoms with Gasteiger partial charge in [0.25, 0.3) is 0 Å². The number of hydrazone groups is 1. The topological polar surface area (TPSA) is 54.9 Å². The largest absolute Gasteiger partial charge is 0.486 e. The van der Waals surface area contributed by atoms with Crippen LogP contribution in [0.4, 0.5) is 0 Å². The number of hydrogen-bond acceptors (Lipinski definition) is 4. The zero-order valence-electron chi connectivity index (χ0n) is 12.1. The van der Waals surface area contributed by atoms with Crippen LogP contribution in [0.25, 0.3) is 0 Å². The van der Waals surface area contributed by atoms with Crippen molar-refractivity contribution < 1.29 is 9.47 Å². The molecule has 0 amide bonds. The fraction of sp³-hybridized carbons (Fsp3) is 0.467. The number of fused-ring (bicyclic) bond motifs is 1. The van der Waals surface area contributed by atoms with Crippen LogP contribution in [0.15, 0.2) is 17.2 Å². The van der Waals surface area contributed by atoms with Crippen LogP contribution in [0.1, 0.15) is 31.2 Å². The molecule has 3 rings (SSSR count). The minimum atomic E-state index is 0.471. The van der Waals surface area contributed by atoms with Crippen LogP contribution in [0, 0.1) is 0 Å². The summed E-state index contributed by atoms with van der Waals surface area (Å²) >= 11 is 11.4. The summed E-state index contributed by atoms with van der Waals surface area (Å²) < 4.78 is 11.0. The van der Waals surface area contributed by atoms with Crippen molar-refractivity contribution in [1.29, 1.82) is 0 Å². The molecule has 5 nitrogen and oxygen atoms in total. The van der Waals surface area contributed by atoms with E-state index in [-0.39, 0.29) is 0 Å². The minimum Gasteiger partial charge on any atom is -0.486 e. The molecule has 118 valence electrons. The monoisotopic (exact) mass is 339 g/mol. The molecule has 0 unspecified atom stereocenters. The molecule has 1 fully saturated rings. The lowest BCUT2D eigenvalue weighted by Crippen LogP contribution is -2.38. The molecule has 1 aliphatic heterocycles. The van der Waals surface area contributed by atoms with Crippen molar-refractivity contribution in [3.05, 3.63) is 22.7 Å². The number of benzene rings is 1. The highest BCUT2D eigenvalue weighted by atomic mass is 35.5. The predicted molar refractivity (Wildman–Crippen MR) is 91.2 cm³/mol. The van der Waals surface area contributed by atoms with E-state index < -0.39 is 0 Å². The lowest BCUT2D eigenvalue weighted by atomic mass is 10.2. The smallest absolute Gasteiger partial charge is 0.187 e.